The van der Waals surface area contributed by atoms with Crippen molar-refractivity contribution in [3.8, 4) is 16.9 Å². The van der Waals surface area contributed by atoms with Gasteiger partial charge in [-0.3, -0.25) is 4.55 Å². The van der Waals surface area contributed by atoms with Crippen LogP contribution in [0.25, 0.3) is 22.2 Å². The van der Waals surface area contributed by atoms with Crippen LogP contribution >= 0.6 is 11.6 Å². The monoisotopic (exact) mass is 539 g/mol. The number of hydrogen-bond acceptors (Lipinski definition) is 5. The minimum absolute atomic E-state index is 0.0494. The highest BCUT2D eigenvalue weighted by molar-refractivity contribution is 7.85. The number of oxazole rings is 1. The molecule has 0 amide bonds. The molecule has 1 unspecified atom stereocenters. The summed E-state index contributed by atoms with van der Waals surface area (Å²) >= 11 is 6.17. The van der Waals surface area contributed by atoms with E-state index in [0.717, 1.165) is 34.5 Å². The lowest BCUT2D eigenvalue weighted by Gasteiger charge is -2.14. The molecule has 0 spiro atoms. The molecule has 0 saturated carbocycles. The minimum atomic E-state index is -4.15. The van der Waals surface area contributed by atoms with Crippen molar-refractivity contribution >= 4 is 38.5 Å². The zero-order chi connectivity index (χ0) is 26.2. The second-order valence-electron chi connectivity index (χ2n) is 9.13. The molecule has 5 rings (SSSR count). The molecule has 0 bridgehead atoms. The highest BCUT2D eigenvalue weighted by Crippen LogP contribution is 2.40. The van der Waals surface area contributed by atoms with E-state index in [2.05, 4.69) is 13.0 Å². The fraction of sp³-hybridized carbons (Fsp3) is 0.250. The van der Waals surface area contributed by atoms with Crippen LogP contribution in [0.4, 0.5) is 5.69 Å². The van der Waals surface area contributed by atoms with Gasteiger partial charge in [0.2, 0.25) is 5.58 Å². The van der Waals surface area contributed by atoms with Crippen LogP contribution in [0, 0.1) is 5.92 Å². The van der Waals surface area contributed by atoms with Crippen molar-refractivity contribution < 1.29 is 26.7 Å². The normalized spacial score (nSPS) is 15.2. The maximum atomic E-state index is 11.6. The molecule has 1 N–H and O–H groups in total. The number of halogens is 1. The lowest BCUT2D eigenvalue weighted by atomic mass is 10.0. The molecule has 7 nitrogen and oxygen atoms in total. The summed E-state index contributed by atoms with van der Waals surface area (Å²) in [5.41, 5.74) is 4.37. The van der Waals surface area contributed by atoms with Gasteiger partial charge >= 0.3 is 5.89 Å². The maximum Gasteiger partial charge on any atom is 0.348 e. The lowest BCUT2D eigenvalue weighted by molar-refractivity contribution is -0.680. The predicted molar refractivity (Wildman–Crippen MR) is 144 cm³/mol. The number of hydrogen-bond donors (Lipinski definition) is 1. The van der Waals surface area contributed by atoms with Gasteiger partial charge in [0.25, 0.3) is 15.6 Å². The van der Waals surface area contributed by atoms with Crippen LogP contribution in [0.15, 0.2) is 83.1 Å². The Kier molecular flexibility index (Phi) is 6.98. The fourth-order valence-corrected chi connectivity index (χ4v) is 5.16. The average molecular weight is 540 g/mol. The molecule has 4 aromatic rings. The van der Waals surface area contributed by atoms with E-state index in [9.17, 15) is 13.0 Å². The topological polar surface area (TPSA) is 83.9 Å². The molecule has 0 saturated heterocycles. The van der Waals surface area contributed by atoms with Gasteiger partial charge in [-0.25, -0.2) is 0 Å². The lowest BCUT2D eigenvalue weighted by Crippen LogP contribution is -2.40. The Labute approximate surface area is 221 Å². The van der Waals surface area contributed by atoms with Crippen molar-refractivity contribution in [2.75, 3.05) is 17.7 Å². The number of aryl methyl sites for hydroxylation is 1. The van der Waals surface area contributed by atoms with E-state index in [1.165, 1.54) is 0 Å². The summed E-state index contributed by atoms with van der Waals surface area (Å²) in [5.74, 6) is 1.72. The number of ether oxygens (including phenoxy) is 1. The predicted octanol–water partition coefficient (Wildman–Crippen LogP) is 5.87. The van der Waals surface area contributed by atoms with Crippen LogP contribution in [0.3, 0.4) is 0 Å². The summed E-state index contributed by atoms with van der Waals surface area (Å²) in [6.45, 7) is 2.16. The molecule has 0 aliphatic carbocycles. The highest BCUT2D eigenvalue weighted by Gasteiger charge is 2.29. The number of nitrogens with zero attached hydrogens (tertiary/aromatic N) is 2. The SMILES string of the molecule is CCC(C=C1Oc2ccc(Cl)cc2N1C)Cc1oc2ccc(-c3ccccc3)cc2[n+]1CCS(=O)(=O)O. The number of rotatable bonds is 8. The molecule has 0 fully saturated rings. The summed E-state index contributed by atoms with van der Waals surface area (Å²) < 4.78 is 46.8. The number of fused-ring (bicyclic) bond motifs is 2. The van der Waals surface area contributed by atoms with Crippen LogP contribution in [0.1, 0.15) is 19.2 Å². The molecule has 1 aliphatic heterocycles. The zero-order valence-electron chi connectivity index (χ0n) is 20.6. The number of anilines is 1. The highest BCUT2D eigenvalue weighted by atomic mass is 35.5. The first-order valence-corrected chi connectivity index (χ1v) is 14.1. The zero-order valence-corrected chi connectivity index (χ0v) is 22.2. The van der Waals surface area contributed by atoms with Crippen LogP contribution in [0.5, 0.6) is 5.75 Å². The standard InChI is InChI=1S/C28H27ClN2O5S/c1-3-19(15-27-30(2)23-18-22(29)10-12-25(23)35-27)16-28-31(13-14-37(32,33)34)24-17-21(9-11-26(24)36-28)20-7-5-4-6-8-20/h4-12,15,17-19H,3,13-14,16H2,1-2H3/p+1. The van der Waals surface area contributed by atoms with Crippen molar-refractivity contribution in [2.24, 2.45) is 5.92 Å². The number of benzene rings is 3. The van der Waals surface area contributed by atoms with E-state index < -0.39 is 15.9 Å². The molecule has 1 atom stereocenters. The Balaban J connectivity index is 1.49. The molecule has 3 aromatic carbocycles. The van der Waals surface area contributed by atoms with Crippen molar-refractivity contribution in [3.63, 3.8) is 0 Å². The summed E-state index contributed by atoms with van der Waals surface area (Å²) in [5, 5.41) is 0.638. The van der Waals surface area contributed by atoms with Crippen LogP contribution in [-0.4, -0.2) is 25.8 Å². The molecule has 2 heterocycles. The second-order valence-corrected chi connectivity index (χ2v) is 11.1. The third-order valence-corrected chi connectivity index (χ3v) is 7.56. The number of allylic oxidation sites excluding steroid dienone is 1. The Morgan fingerprint density at radius 1 is 1.08 bits per heavy atom. The van der Waals surface area contributed by atoms with Gasteiger partial charge in [-0.15, -0.1) is 0 Å². The Morgan fingerprint density at radius 3 is 2.59 bits per heavy atom. The third kappa shape index (κ3) is 5.51. The largest absolute Gasteiger partial charge is 0.439 e. The summed E-state index contributed by atoms with van der Waals surface area (Å²) in [4.78, 5) is 1.96. The quantitative estimate of drug-likeness (QED) is 0.223. The maximum absolute atomic E-state index is 11.6. The first-order chi connectivity index (χ1) is 17.7. The summed E-state index contributed by atoms with van der Waals surface area (Å²) in [6.07, 6.45) is 3.39. The molecule has 9 heteroatoms. The van der Waals surface area contributed by atoms with Gasteiger partial charge in [-0.1, -0.05) is 54.9 Å². The Hall–Kier alpha value is -3.33. The third-order valence-electron chi connectivity index (χ3n) is 6.63. The smallest absolute Gasteiger partial charge is 0.348 e. The molecule has 1 aliphatic rings. The van der Waals surface area contributed by atoms with Crippen molar-refractivity contribution in [3.05, 3.63) is 89.6 Å². The van der Waals surface area contributed by atoms with E-state index in [0.29, 0.717) is 28.8 Å². The van der Waals surface area contributed by atoms with Gasteiger partial charge in [-0.2, -0.15) is 13.0 Å². The van der Waals surface area contributed by atoms with Gasteiger partial charge < -0.3 is 14.1 Å². The average Bonchev–Trinajstić information content (AvgIpc) is 3.38. The summed E-state index contributed by atoms with van der Waals surface area (Å²) in [6, 6.07) is 21.3. The second kappa shape index (κ2) is 10.2. The van der Waals surface area contributed by atoms with Crippen LogP contribution in [0.2, 0.25) is 5.02 Å². The van der Waals surface area contributed by atoms with Crippen molar-refractivity contribution in [2.45, 2.75) is 26.3 Å². The molecular formula is C28H28ClN2O5S+. The van der Waals surface area contributed by atoms with Gasteiger partial charge in [0.05, 0.1) is 12.1 Å². The van der Waals surface area contributed by atoms with Gasteiger partial charge in [0.15, 0.2) is 18.2 Å². The van der Waals surface area contributed by atoms with E-state index in [4.69, 9.17) is 20.8 Å². The Morgan fingerprint density at radius 2 is 1.86 bits per heavy atom. The fourth-order valence-electron chi connectivity index (χ4n) is 4.58. The molecule has 0 radical (unpaired) electrons. The van der Waals surface area contributed by atoms with E-state index >= 15 is 0 Å². The van der Waals surface area contributed by atoms with Crippen LogP contribution < -0.4 is 14.2 Å². The van der Waals surface area contributed by atoms with Gasteiger partial charge in [-0.05, 0) is 53.8 Å². The first-order valence-electron chi connectivity index (χ1n) is 12.1. The van der Waals surface area contributed by atoms with E-state index in [-0.39, 0.29) is 12.5 Å². The first kappa shape index (κ1) is 25.3. The molecule has 37 heavy (non-hydrogen) atoms. The molecular weight excluding hydrogens is 512 g/mol. The molecule has 1 aromatic heterocycles. The van der Waals surface area contributed by atoms with E-state index in [1.54, 1.807) is 6.07 Å². The Bertz CT molecular complexity index is 1580. The van der Waals surface area contributed by atoms with Gasteiger partial charge in [0.1, 0.15) is 5.75 Å². The van der Waals surface area contributed by atoms with Crippen LogP contribution in [-0.2, 0) is 23.1 Å². The van der Waals surface area contributed by atoms with Crippen molar-refractivity contribution in [1.82, 2.24) is 0 Å². The summed E-state index contributed by atoms with van der Waals surface area (Å²) in [7, 11) is -2.22. The minimum Gasteiger partial charge on any atom is -0.439 e. The van der Waals surface area contributed by atoms with Crippen molar-refractivity contribution in [1.29, 1.82) is 0 Å². The molecule has 192 valence electrons. The van der Waals surface area contributed by atoms with Gasteiger partial charge in [0, 0.05) is 18.1 Å². The number of aromatic nitrogens is 1. The van der Waals surface area contributed by atoms with E-state index in [1.807, 2.05) is 77.2 Å².